The zero-order valence-corrected chi connectivity index (χ0v) is 9.89. The minimum atomic E-state index is 0.603. The first-order chi connectivity index (χ1) is 8.31. The van der Waals surface area contributed by atoms with Gasteiger partial charge in [0.25, 0.3) is 0 Å². The lowest BCUT2D eigenvalue weighted by Crippen LogP contribution is -1.97. The average molecular weight is 226 g/mol. The fraction of sp³-hybridized carbons (Fsp3) is 0.200. The van der Waals surface area contributed by atoms with Gasteiger partial charge >= 0.3 is 0 Å². The Balaban J connectivity index is 2.08. The molecule has 0 saturated heterocycles. The molecular formula is C15H18N2. The van der Waals surface area contributed by atoms with Gasteiger partial charge in [-0.3, -0.25) is 0 Å². The highest BCUT2D eigenvalue weighted by Gasteiger charge is 1.97. The lowest BCUT2D eigenvalue weighted by atomic mass is 10.0. The van der Waals surface area contributed by atoms with Gasteiger partial charge in [0.05, 0.1) is 0 Å². The number of nitrogens with two attached hydrogens (primary N) is 2. The first-order valence-electron chi connectivity index (χ1n) is 5.87. The molecule has 4 N–H and O–H groups in total. The highest BCUT2D eigenvalue weighted by molar-refractivity contribution is 5.30. The summed E-state index contributed by atoms with van der Waals surface area (Å²) in [5.41, 5.74) is 16.1. The zero-order chi connectivity index (χ0) is 12.1. The Hall–Kier alpha value is -1.64. The van der Waals surface area contributed by atoms with Crippen molar-refractivity contribution in [2.75, 3.05) is 0 Å². The van der Waals surface area contributed by atoms with Crippen LogP contribution in [0.15, 0.2) is 48.5 Å². The van der Waals surface area contributed by atoms with E-state index >= 15 is 0 Å². The SMILES string of the molecule is NCc1ccc(Cc2ccc(CN)cc2)cc1. The van der Waals surface area contributed by atoms with Gasteiger partial charge in [-0.2, -0.15) is 0 Å². The molecule has 0 fully saturated rings. The van der Waals surface area contributed by atoms with Gasteiger partial charge in [0.1, 0.15) is 0 Å². The monoisotopic (exact) mass is 226 g/mol. The number of hydrogen-bond acceptors (Lipinski definition) is 2. The quantitative estimate of drug-likeness (QED) is 0.839. The third kappa shape index (κ3) is 3.16. The van der Waals surface area contributed by atoms with Gasteiger partial charge in [-0.15, -0.1) is 0 Å². The number of hydrogen-bond donors (Lipinski definition) is 2. The molecule has 0 aliphatic heterocycles. The molecule has 2 rings (SSSR count). The fourth-order valence-corrected chi connectivity index (χ4v) is 1.82. The predicted octanol–water partition coefficient (Wildman–Crippen LogP) is 2.19. The van der Waals surface area contributed by atoms with E-state index in [-0.39, 0.29) is 0 Å². The summed E-state index contributed by atoms with van der Waals surface area (Å²) in [6, 6.07) is 16.9. The van der Waals surface area contributed by atoms with Gasteiger partial charge in [-0.05, 0) is 28.7 Å². The van der Waals surface area contributed by atoms with E-state index in [1.54, 1.807) is 0 Å². The lowest BCUT2D eigenvalue weighted by Gasteiger charge is -2.04. The van der Waals surface area contributed by atoms with Crippen molar-refractivity contribution in [2.45, 2.75) is 19.5 Å². The fourth-order valence-electron chi connectivity index (χ4n) is 1.82. The largest absolute Gasteiger partial charge is 0.326 e. The van der Waals surface area contributed by atoms with Crippen molar-refractivity contribution in [1.29, 1.82) is 0 Å². The molecule has 17 heavy (non-hydrogen) atoms. The summed E-state index contributed by atoms with van der Waals surface area (Å²) in [7, 11) is 0. The first kappa shape index (κ1) is 11.8. The molecule has 0 saturated carbocycles. The van der Waals surface area contributed by atoms with E-state index in [0.717, 1.165) is 6.42 Å². The van der Waals surface area contributed by atoms with E-state index in [1.165, 1.54) is 22.3 Å². The molecule has 0 amide bonds. The van der Waals surface area contributed by atoms with Crippen LogP contribution in [0.5, 0.6) is 0 Å². The van der Waals surface area contributed by atoms with Crippen LogP contribution in [0.1, 0.15) is 22.3 Å². The molecule has 0 radical (unpaired) electrons. The lowest BCUT2D eigenvalue weighted by molar-refractivity contribution is 1.05. The Morgan fingerprint density at radius 3 is 1.12 bits per heavy atom. The zero-order valence-electron chi connectivity index (χ0n) is 9.89. The van der Waals surface area contributed by atoms with Crippen LogP contribution in [0.2, 0.25) is 0 Å². The van der Waals surface area contributed by atoms with Crippen molar-refractivity contribution in [3.05, 3.63) is 70.8 Å². The van der Waals surface area contributed by atoms with E-state index in [0.29, 0.717) is 13.1 Å². The third-order valence-corrected chi connectivity index (χ3v) is 2.93. The van der Waals surface area contributed by atoms with Gasteiger partial charge in [-0.25, -0.2) is 0 Å². The van der Waals surface area contributed by atoms with Crippen LogP contribution in [-0.4, -0.2) is 0 Å². The maximum absolute atomic E-state index is 5.57. The van der Waals surface area contributed by atoms with Crippen LogP contribution in [0, 0.1) is 0 Å². The molecule has 0 bridgehead atoms. The molecule has 0 atom stereocenters. The second-order valence-corrected chi connectivity index (χ2v) is 4.22. The Bertz CT molecular complexity index is 412. The molecule has 0 heterocycles. The summed E-state index contributed by atoms with van der Waals surface area (Å²) in [6.45, 7) is 1.21. The molecule has 2 nitrogen and oxygen atoms in total. The maximum Gasteiger partial charge on any atom is 0.0178 e. The Morgan fingerprint density at radius 1 is 0.529 bits per heavy atom. The van der Waals surface area contributed by atoms with Crippen LogP contribution in [0.4, 0.5) is 0 Å². The van der Waals surface area contributed by atoms with E-state index in [4.69, 9.17) is 11.5 Å². The summed E-state index contributed by atoms with van der Waals surface area (Å²) in [5, 5.41) is 0. The van der Waals surface area contributed by atoms with Gasteiger partial charge in [0, 0.05) is 13.1 Å². The van der Waals surface area contributed by atoms with Gasteiger partial charge in [0.2, 0.25) is 0 Å². The average Bonchev–Trinajstić information content (AvgIpc) is 2.40. The van der Waals surface area contributed by atoms with E-state index in [9.17, 15) is 0 Å². The summed E-state index contributed by atoms with van der Waals surface area (Å²) >= 11 is 0. The van der Waals surface area contributed by atoms with Crippen LogP contribution >= 0.6 is 0 Å². The Morgan fingerprint density at radius 2 is 0.824 bits per heavy atom. The maximum atomic E-state index is 5.57. The molecule has 0 unspecified atom stereocenters. The van der Waals surface area contributed by atoms with Crippen LogP contribution in [0.25, 0.3) is 0 Å². The second-order valence-electron chi connectivity index (χ2n) is 4.22. The van der Waals surface area contributed by atoms with Crippen LogP contribution in [0.3, 0.4) is 0 Å². The molecule has 0 aliphatic carbocycles. The standard InChI is InChI=1S/C15H18N2/c16-10-14-5-1-12(2-6-14)9-13-3-7-15(11-17)8-4-13/h1-8H,9-11,16-17H2. The molecule has 0 aromatic heterocycles. The predicted molar refractivity (Wildman–Crippen MR) is 71.5 cm³/mol. The normalized spacial score (nSPS) is 10.5. The Labute approximate surface area is 102 Å². The molecule has 2 aromatic rings. The van der Waals surface area contributed by atoms with Crippen molar-refractivity contribution in [2.24, 2.45) is 11.5 Å². The Kier molecular flexibility index (Phi) is 3.91. The van der Waals surface area contributed by atoms with Crippen molar-refractivity contribution in [1.82, 2.24) is 0 Å². The van der Waals surface area contributed by atoms with E-state index < -0.39 is 0 Å². The second kappa shape index (κ2) is 5.62. The number of rotatable bonds is 4. The minimum absolute atomic E-state index is 0.603. The highest BCUT2D eigenvalue weighted by Crippen LogP contribution is 2.11. The molecule has 0 aliphatic rings. The smallest absolute Gasteiger partial charge is 0.0178 e. The minimum Gasteiger partial charge on any atom is -0.326 e. The van der Waals surface area contributed by atoms with Crippen molar-refractivity contribution in [3.8, 4) is 0 Å². The van der Waals surface area contributed by atoms with Gasteiger partial charge < -0.3 is 11.5 Å². The molecule has 2 heteroatoms. The molecule has 2 aromatic carbocycles. The van der Waals surface area contributed by atoms with Crippen molar-refractivity contribution >= 4 is 0 Å². The van der Waals surface area contributed by atoms with E-state index in [2.05, 4.69) is 48.5 Å². The topological polar surface area (TPSA) is 52.0 Å². The first-order valence-corrected chi connectivity index (χ1v) is 5.87. The van der Waals surface area contributed by atoms with Crippen LogP contribution < -0.4 is 11.5 Å². The molecule has 88 valence electrons. The summed E-state index contributed by atoms with van der Waals surface area (Å²) in [5.74, 6) is 0. The molecular weight excluding hydrogens is 208 g/mol. The molecule has 0 spiro atoms. The summed E-state index contributed by atoms with van der Waals surface area (Å²) in [4.78, 5) is 0. The van der Waals surface area contributed by atoms with Crippen molar-refractivity contribution < 1.29 is 0 Å². The highest BCUT2D eigenvalue weighted by atomic mass is 14.5. The van der Waals surface area contributed by atoms with E-state index in [1.807, 2.05) is 0 Å². The third-order valence-electron chi connectivity index (χ3n) is 2.93. The number of benzene rings is 2. The van der Waals surface area contributed by atoms with Gasteiger partial charge in [0.15, 0.2) is 0 Å². The van der Waals surface area contributed by atoms with Gasteiger partial charge in [-0.1, -0.05) is 48.5 Å². The summed E-state index contributed by atoms with van der Waals surface area (Å²) in [6.07, 6.45) is 0.954. The van der Waals surface area contributed by atoms with Crippen LogP contribution in [-0.2, 0) is 19.5 Å². The summed E-state index contributed by atoms with van der Waals surface area (Å²) < 4.78 is 0. The van der Waals surface area contributed by atoms with Crippen molar-refractivity contribution in [3.63, 3.8) is 0 Å².